The summed E-state index contributed by atoms with van der Waals surface area (Å²) in [6.45, 7) is 8.64. The van der Waals surface area contributed by atoms with E-state index >= 15 is 0 Å². The Bertz CT molecular complexity index is 185. The maximum atomic E-state index is 2.29. The normalized spacial score (nSPS) is 13.9. The summed E-state index contributed by atoms with van der Waals surface area (Å²) in [5.74, 6) is 0.625. The number of hydrogen-bond donors (Lipinski definition) is 0. The van der Waals surface area contributed by atoms with Crippen LogP contribution in [0.4, 0.5) is 0 Å². The second kappa shape index (κ2) is 5.02. The molecule has 0 aromatic heterocycles. The van der Waals surface area contributed by atoms with Crippen LogP contribution in [0.5, 0.6) is 0 Å². The standard InChI is InChI=1S/C11H21N/c1-7-11(12(5)6)10(4)8-9(2)3/h7-9H,1-6H3/b10-8-,11-7-. The van der Waals surface area contributed by atoms with Crippen LogP contribution in [-0.4, -0.2) is 19.0 Å². The van der Waals surface area contributed by atoms with Gasteiger partial charge in [0.25, 0.3) is 0 Å². The lowest BCUT2D eigenvalue weighted by molar-refractivity contribution is 0.519. The molecular formula is C11H21N. The van der Waals surface area contributed by atoms with E-state index in [2.05, 4.69) is 58.8 Å². The van der Waals surface area contributed by atoms with Gasteiger partial charge >= 0.3 is 0 Å². The number of likely N-dealkylation sites (N-methyl/N-ethyl adjacent to an activating group) is 1. The highest BCUT2D eigenvalue weighted by Gasteiger charge is 2.00. The Balaban J connectivity index is 4.55. The highest BCUT2D eigenvalue weighted by Crippen LogP contribution is 2.13. The van der Waals surface area contributed by atoms with E-state index in [1.807, 2.05) is 0 Å². The first-order valence-electron chi connectivity index (χ1n) is 4.51. The van der Waals surface area contributed by atoms with Crippen molar-refractivity contribution in [2.45, 2.75) is 27.7 Å². The minimum atomic E-state index is 0.625. The van der Waals surface area contributed by atoms with Crippen molar-refractivity contribution in [3.8, 4) is 0 Å². The molecule has 0 saturated heterocycles. The Labute approximate surface area is 76.8 Å². The fraction of sp³-hybridized carbons (Fsp3) is 0.636. The predicted octanol–water partition coefficient (Wildman–Crippen LogP) is 3.05. The van der Waals surface area contributed by atoms with Gasteiger partial charge in [0.1, 0.15) is 0 Å². The molecule has 0 aliphatic heterocycles. The Kier molecular flexibility index (Phi) is 4.72. The molecule has 0 amide bonds. The topological polar surface area (TPSA) is 3.24 Å². The summed E-state index contributed by atoms with van der Waals surface area (Å²) in [5, 5.41) is 0. The zero-order chi connectivity index (χ0) is 9.72. The number of allylic oxidation sites excluding steroid dienone is 3. The molecular weight excluding hydrogens is 146 g/mol. The van der Waals surface area contributed by atoms with E-state index in [0.717, 1.165) is 0 Å². The highest BCUT2D eigenvalue weighted by atomic mass is 15.1. The molecule has 12 heavy (non-hydrogen) atoms. The van der Waals surface area contributed by atoms with Crippen molar-refractivity contribution in [3.05, 3.63) is 23.4 Å². The zero-order valence-corrected chi connectivity index (χ0v) is 9.18. The largest absolute Gasteiger partial charge is 0.378 e. The van der Waals surface area contributed by atoms with Crippen LogP contribution in [0.15, 0.2) is 23.4 Å². The summed E-state index contributed by atoms with van der Waals surface area (Å²) in [6, 6.07) is 0. The summed E-state index contributed by atoms with van der Waals surface area (Å²) in [6.07, 6.45) is 4.43. The molecule has 0 spiro atoms. The number of hydrogen-bond acceptors (Lipinski definition) is 1. The van der Waals surface area contributed by atoms with Gasteiger partial charge in [0.2, 0.25) is 0 Å². The van der Waals surface area contributed by atoms with Gasteiger partial charge < -0.3 is 4.90 Å². The third kappa shape index (κ3) is 3.61. The fourth-order valence-electron chi connectivity index (χ4n) is 1.42. The van der Waals surface area contributed by atoms with E-state index < -0.39 is 0 Å². The van der Waals surface area contributed by atoms with Gasteiger partial charge in [-0.3, -0.25) is 0 Å². The average molecular weight is 167 g/mol. The maximum absolute atomic E-state index is 2.29. The molecule has 0 rings (SSSR count). The summed E-state index contributed by atoms with van der Waals surface area (Å²) < 4.78 is 0. The van der Waals surface area contributed by atoms with Crippen molar-refractivity contribution in [2.24, 2.45) is 5.92 Å². The van der Waals surface area contributed by atoms with Gasteiger partial charge in [-0.1, -0.05) is 26.0 Å². The smallest absolute Gasteiger partial charge is 0.0344 e. The van der Waals surface area contributed by atoms with E-state index in [1.165, 1.54) is 11.3 Å². The van der Waals surface area contributed by atoms with Gasteiger partial charge in [-0.05, 0) is 25.3 Å². The number of rotatable bonds is 3. The van der Waals surface area contributed by atoms with E-state index in [0.29, 0.717) is 5.92 Å². The molecule has 70 valence electrons. The molecule has 0 N–H and O–H groups in total. The zero-order valence-electron chi connectivity index (χ0n) is 9.18. The van der Waals surface area contributed by atoms with Gasteiger partial charge in [0, 0.05) is 19.8 Å². The van der Waals surface area contributed by atoms with Crippen LogP contribution < -0.4 is 0 Å². The molecule has 1 nitrogen and oxygen atoms in total. The molecule has 0 aromatic carbocycles. The van der Waals surface area contributed by atoms with Gasteiger partial charge in [0.05, 0.1) is 0 Å². The number of nitrogens with zero attached hydrogens (tertiary/aromatic N) is 1. The van der Waals surface area contributed by atoms with E-state index in [4.69, 9.17) is 0 Å². The molecule has 0 saturated carbocycles. The van der Waals surface area contributed by atoms with E-state index in [9.17, 15) is 0 Å². The lowest BCUT2D eigenvalue weighted by Gasteiger charge is -2.18. The monoisotopic (exact) mass is 167 g/mol. The molecule has 0 heterocycles. The average Bonchev–Trinajstić information content (AvgIpc) is 1.85. The third-order valence-electron chi connectivity index (χ3n) is 1.74. The van der Waals surface area contributed by atoms with Crippen molar-refractivity contribution in [3.63, 3.8) is 0 Å². The van der Waals surface area contributed by atoms with Gasteiger partial charge in [0.15, 0.2) is 0 Å². The second-order valence-corrected chi connectivity index (χ2v) is 3.66. The summed E-state index contributed by atoms with van der Waals surface area (Å²) >= 11 is 0. The van der Waals surface area contributed by atoms with Crippen LogP contribution in [0.1, 0.15) is 27.7 Å². The molecule has 0 fully saturated rings. The molecule has 1 heteroatoms. The van der Waals surface area contributed by atoms with Crippen molar-refractivity contribution < 1.29 is 0 Å². The van der Waals surface area contributed by atoms with Crippen LogP contribution in [0.2, 0.25) is 0 Å². The van der Waals surface area contributed by atoms with Crippen molar-refractivity contribution in [1.29, 1.82) is 0 Å². The first-order chi connectivity index (χ1) is 5.49. The van der Waals surface area contributed by atoms with Crippen LogP contribution in [0, 0.1) is 5.92 Å². The van der Waals surface area contributed by atoms with E-state index in [-0.39, 0.29) is 0 Å². The van der Waals surface area contributed by atoms with Crippen molar-refractivity contribution >= 4 is 0 Å². The Morgan fingerprint density at radius 2 is 1.75 bits per heavy atom. The molecule has 0 radical (unpaired) electrons. The Hall–Kier alpha value is -0.720. The van der Waals surface area contributed by atoms with Crippen molar-refractivity contribution in [2.75, 3.05) is 14.1 Å². The van der Waals surface area contributed by atoms with Crippen LogP contribution >= 0.6 is 0 Å². The SMILES string of the molecule is C/C=C(/C(C)=C\C(C)C)N(C)C. The maximum Gasteiger partial charge on any atom is 0.0344 e. The molecule has 0 bridgehead atoms. The van der Waals surface area contributed by atoms with E-state index in [1.54, 1.807) is 0 Å². The lowest BCUT2D eigenvalue weighted by Crippen LogP contribution is -2.12. The third-order valence-corrected chi connectivity index (χ3v) is 1.74. The van der Waals surface area contributed by atoms with Crippen LogP contribution in [0.25, 0.3) is 0 Å². The van der Waals surface area contributed by atoms with Crippen LogP contribution in [0.3, 0.4) is 0 Å². The Morgan fingerprint density at radius 3 is 2.00 bits per heavy atom. The molecule has 0 atom stereocenters. The molecule has 0 aliphatic carbocycles. The van der Waals surface area contributed by atoms with Crippen LogP contribution in [-0.2, 0) is 0 Å². The predicted molar refractivity (Wildman–Crippen MR) is 56.0 cm³/mol. The van der Waals surface area contributed by atoms with Gasteiger partial charge in [-0.15, -0.1) is 0 Å². The molecule has 0 aromatic rings. The minimum Gasteiger partial charge on any atom is -0.378 e. The summed E-state index contributed by atoms with van der Waals surface area (Å²) in [5.41, 5.74) is 2.67. The second-order valence-electron chi connectivity index (χ2n) is 3.66. The first kappa shape index (κ1) is 11.3. The summed E-state index contributed by atoms with van der Waals surface area (Å²) in [7, 11) is 4.15. The quantitative estimate of drug-likeness (QED) is 0.584. The Morgan fingerprint density at radius 1 is 1.25 bits per heavy atom. The molecule has 0 aliphatic rings. The fourth-order valence-corrected chi connectivity index (χ4v) is 1.42. The van der Waals surface area contributed by atoms with Crippen molar-refractivity contribution in [1.82, 2.24) is 4.90 Å². The highest BCUT2D eigenvalue weighted by molar-refractivity contribution is 5.27. The lowest BCUT2D eigenvalue weighted by atomic mass is 10.1. The first-order valence-corrected chi connectivity index (χ1v) is 4.51. The minimum absolute atomic E-state index is 0.625. The van der Waals surface area contributed by atoms with Gasteiger partial charge in [-0.25, -0.2) is 0 Å². The van der Waals surface area contributed by atoms with Gasteiger partial charge in [-0.2, -0.15) is 0 Å². The molecule has 0 unspecified atom stereocenters. The summed E-state index contributed by atoms with van der Waals surface area (Å²) in [4.78, 5) is 2.15.